The van der Waals surface area contributed by atoms with Gasteiger partial charge in [0.2, 0.25) is 6.10 Å². The van der Waals surface area contributed by atoms with Crippen LogP contribution in [0.15, 0.2) is 4.99 Å². The highest BCUT2D eigenvalue weighted by atomic mass is 16.5. The van der Waals surface area contributed by atoms with Crippen molar-refractivity contribution in [3.8, 4) is 0 Å². The summed E-state index contributed by atoms with van der Waals surface area (Å²) in [5.74, 6) is -0.668. The number of ketones is 1. The number of carbonyl (C=O) groups is 2. The van der Waals surface area contributed by atoms with Crippen LogP contribution >= 0.6 is 0 Å². The van der Waals surface area contributed by atoms with E-state index in [1.807, 2.05) is 6.92 Å². The first-order chi connectivity index (χ1) is 5.25. The first-order valence-corrected chi connectivity index (χ1v) is 3.50. The lowest BCUT2D eigenvalue weighted by molar-refractivity contribution is -0.134. The molecule has 0 aromatic carbocycles. The molecule has 1 heterocycles. The van der Waals surface area contributed by atoms with Gasteiger partial charge in [-0.2, -0.15) is 4.99 Å². The van der Waals surface area contributed by atoms with E-state index >= 15 is 0 Å². The fraction of sp³-hybridized carbons (Fsp3) is 0.571. The molecule has 0 spiro atoms. The predicted molar refractivity (Wildman–Crippen MR) is 38.3 cm³/mol. The van der Waals surface area contributed by atoms with E-state index in [1.54, 1.807) is 0 Å². The van der Waals surface area contributed by atoms with Crippen LogP contribution in [-0.2, 0) is 14.3 Å². The van der Waals surface area contributed by atoms with Crippen LogP contribution in [0.4, 0.5) is 0 Å². The number of Topliss-reactive ketones (excluding diaryl/α,β-unsaturated/α-hetero) is 1. The van der Waals surface area contributed by atoms with Gasteiger partial charge in [0.1, 0.15) is 0 Å². The molecule has 0 fully saturated rings. The lowest BCUT2D eigenvalue weighted by atomic mass is 10.1. The second-order valence-electron chi connectivity index (χ2n) is 2.31. The zero-order valence-electron chi connectivity index (χ0n) is 6.24. The molecule has 0 radical (unpaired) electrons. The maximum absolute atomic E-state index is 11.0. The van der Waals surface area contributed by atoms with Crippen LogP contribution in [0.3, 0.4) is 0 Å². The van der Waals surface area contributed by atoms with Crippen molar-refractivity contribution >= 4 is 18.1 Å². The third-order valence-electron chi connectivity index (χ3n) is 1.39. The predicted octanol–water partition coefficient (Wildman–Crippen LogP) is 0.309. The van der Waals surface area contributed by atoms with Gasteiger partial charge in [-0.3, -0.25) is 9.59 Å². The van der Waals surface area contributed by atoms with E-state index in [4.69, 9.17) is 0 Å². The molecule has 11 heavy (non-hydrogen) atoms. The average molecular weight is 155 g/mol. The molecule has 4 nitrogen and oxygen atoms in total. The van der Waals surface area contributed by atoms with Crippen LogP contribution in [-0.4, -0.2) is 24.2 Å². The van der Waals surface area contributed by atoms with Gasteiger partial charge in [0, 0.05) is 6.42 Å². The van der Waals surface area contributed by atoms with E-state index in [9.17, 15) is 9.59 Å². The highest BCUT2D eigenvalue weighted by Crippen LogP contribution is 2.05. The van der Waals surface area contributed by atoms with Gasteiger partial charge in [-0.05, 0) is 6.42 Å². The molecule has 1 atom stereocenters. The zero-order valence-corrected chi connectivity index (χ0v) is 6.24. The van der Waals surface area contributed by atoms with Gasteiger partial charge in [-0.1, -0.05) is 6.92 Å². The Balaban J connectivity index is 2.49. The SMILES string of the molecule is CCCC(=O)C1OC=NC1=O. The van der Waals surface area contributed by atoms with Gasteiger partial charge in [-0.25, -0.2) is 0 Å². The number of amides is 1. The second-order valence-corrected chi connectivity index (χ2v) is 2.31. The Morgan fingerprint density at radius 2 is 2.55 bits per heavy atom. The first-order valence-electron chi connectivity index (χ1n) is 3.50. The van der Waals surface area contributed by atoms with Crippen LogP contribution < -0.4 is 0 Å². The topological polar surface area (TPSA) is 55.7 Å². The Bertz CT molecular complexity index is 210. The van der Waals surface area contributed by atoms with Crippen molar-refractivity contribution in [3.05, 3.63) is 0 Å². The molecule has 1 unspecified atom stereocenters. The molecule has 0 aromatic rings. The number of nitrogens with zero attached hydrogens (tertiary/aromatic N) is 1. The molecule has 0 bridgehead atoms. The molecule has 0 aliphatic carbocycles. The Morgan fingerprint density at radius 1 is 1.82 bits per heavy atom. The van der Waals surface area contributed by atoms with E-state index in [0.29, 0.717) is 6.42 Å². The largest absolute Gasteiger partial charge is 0.462 e. The van der Waals surface area contributed by atoms with E-state index < -0.39 is 12.0 Å². The average Bonchev–Trinajstić information content (AvgIpc) is 2.36. The maximum atomic E-state index is 11.0. The fourth-order valence-corrected chi connectivity index (χ4v) is 0.860. The second kappa shape index (κ2) is 3.27. The van der Waals surface area contributed by atoms with Gasteiger partial charge >= 0.3 is 0 Å². The van der Waals surface area contributed by atoms with Crippen LogP contribution in [0.5, 0.6) is 0 Å². The zero-order chi connectivity index (χ0) is 8.27. The quantitative estimate of drug-likeness (QED) is 0.551. The van der Waals surface area contributed by atoms with Gasteiger partial charge in [0.25, 0.3) is 5.91 Å². The molecule has 1 amide bonds. The van der Waals surface area contributed by atoms with Crippen molar-refractivity contribution in [2.75, 3.05) is 0 Å². The Kier molecular flexibility index (Phi) is 2.36. The Hall–Kier alpha value is -1.19. The number of hydrogen-bond acceptors (Lipinski definition) is 3. The lowest BCUT2D eigenvalue weighted by Gasteiger charge is -2.03. The van der Waals surface area contributed by atoms with Crippen LogP contribution in [0.2, 0.25) is 0 Å². The molecule has 0 saturated carbocycles. The third kappa shape index (κ3) is 1.63. The number of rotatable bonds is 3. The van der Waals surface area contributed by atoms with E-state index in [0.717, 1.165) is 12.8 Å². The summed E-state index contributed by atoms with van der Waals surface area (Å²) in [7, 11) is 0. The smallest absolute Gasteiger partial charge is 0.297 e. The molecular formula is C7H9NO3. The number of hydrogen-bond donors (Lipinski definition) is 0. The normalized spacial score (nSPS) is 21.9. The molecule has 0 saturated heterocycles. The lowest BCUT2D eigenvalue weighted by Crippen LogP contribution is -2.26. The van der Waals surface area contributed by atoms with E-state index in [1.165, 1.54) is 0 Å². The third-order valence-corrected chi connectivity index (χ3v) is 1.39. The van der Waals surface area contributed by atoms with Crippen molar-refractivity contribution in [1.82, 2.24) is 0 Å². The highest BCUT2D eigenvalue weighted by molar-refractivity contribution is 6.09. The summed E-state index contributed by atoms with van der Waals surface area (Å²) in [4.78, 5) is 25.1. The Labute approximate surface area is 64.3 Å². The Morgan fingerprint density at radius 3 is 3.00 bits per heavy atom. The van der Waals surface area contributed by atoms with Gasteiger partial charge < -0.3 is 4.74 Å². The van der Waals surface area contributed by atoms with Crippen molar-refractivity contribution in [2.45, 2.75) is 25.9 Å². The molecule has 1 rings (SSSR count). The minimum Gasteiger partial charge on any atom is -0.462 e. The number of ether oxygens (including phenoxy) is 1. The minimum absolute atomic E-state index is 0.185. The minimum atomic E-state index is -0.949. The van der Waals surface area contributed by atoms with Crippen molar-refractivity contribution in [1.29, 1.82) is 0 Å². The first kappa shape index (κ1) is 7.91. The van der Waals surface area contributed by atoms with Gasteiger partial charge in [0.15, 0.2) is 12.2 Å². The van der Waals surface area contributed by atoms with Gasteiger partial charge in [-0.15, -0.1) is 0 Å². The monoisotopic (exact) mass is 155 g/mol. The van der Waals surface area contributed by atoms with Crippen molar-refractivity contribution in [3.63, 3.8) is 0 Å². The molecule has 0 N–H and O–H groups in total. The summed E-state index contributed by atoms with van der Waals surface area (Å²) >= 11 is 0. The standard InChI is InChI=1S/C7H9NO3/c1-2-3-5(9)6-7(10)8-4-11-6/h4,6H,2-3H2,1H3. The number of carbonyl (C=O) groups excluding carboxylic acids is 2. The summed E-state index contributed by atoms with van der Waals surface area (Å²) in [5.41, 5.74) is 0. The number of aliphatic imine (C=N–C) groups is 1. The summed E-state index contributed by atoms with van der Waals surface area (Å²) in [6.07, 6.45) is 1.18. The molecule has 60 valence electrons. The van der Waals surface area contributed by atoms with Crippen LogP contribution in [0, 0.1) is 0 Å². The van der Waals surface area contributed by atoms with Crippen LogP contribution in [0.25, 0.3) is 0 Å². The van der Waals surface area contributed by atoms with Crippen molar-refractivity contribution < 1.29 is 14.3 Å². The maximum Gasteiger partial charge on any atom is 0.297 e. The summed E-state index contributed by atoms with van der Waals surface area (Å²) in [6, 6.07) is 0. The molecule has 4 heteroatoms. The van der Waals surface area contributed by atoms with E-state index in [-0.39, 0.29) is 5.78 Å². The molecule has 1 aliphatic heterocycles. The fourth-order valence-electron chi connectivity index (χ4n) is 0.860. The van der Waals surface area contributed by atoms with E-state index in [2.05, 4.69) is 9.73 Å². The van der Waals surface area contributed by atoms with Gasteiger partial charge in [0.05, 0.1) is 0 Å². The highest BCUT2D eigenvalue weighted by Gasteiger charge is 2.29. The van der Waals surface area contributed by atoms with Crippen molar-refractivity contribution in [2.24, 2.45) is 4.99 Å². The summed E-state index contributed by atoms with van der Waals surface area (Å²) in [5, 5.41) is 0. The molecule has 1 aliphatic rings. The van der Waals surface area contributed by atoms with Crippen LogP contribution in [0.1, 0.15) is 19.8 Å². The molecular weight excluding hydrogens is 146 g/mol. The summed E-state index contributed by atoms with van der Waals surface area (Å²) in [6.45, 7) is 1.87. The molecule has 0 aromatic heterocycles. The summed E-state index contributed by atoms with van der Waals surface area (Å²) < 4.78 is 4.69.